The van der Waals surface area contributed by atoms with E-state index in [9.17, 15) is 4.39 Å². The van der Waals surface area contributed by atoms with Crippen LogP contribution in [0.3, 0.4) is 0 Å². The molecule has 0 spiro atoms. The van der Waals surface area contributed by atoms with Crippen LogP contribution in [0, 0.1) is 5.82 Å². The summed E-state index contributed by atoms with van der Waals surface area (Å²) in [5.74, 6) is 0.568. The van der Waals surface area contributed by atoms with Gasteiger partial charge in [0.2, 0.25) is 0 Å². The van der Waals surface area contributed by atoms with Crippen molar-refractivity contribution < 1.29 is 9.13 Å². The number of nitrogens with two attached hydrogens (primary N) is 1. The number of hydrogen-bond donors (Lipinski definition) is 1. The molecular weight excluding hydrogens is 229 g/mol. The molecule has 0 saturated carbocycles. The first-order valence-electron chi connectivity index (χ1n) is 6.03. The highest BCUT2D eigenvalue weighted by Crippen LogP contribution is 2.37. The average Bonchev–Trinajstić information content (AvgIpc) is 2.87. The van der Waals surface area contributed by atoms with E-state index in [0.717, 1.165) is 28.9 Å². The van der Waals surface area contributed by atoms with Crippen molar-refractivity contribution in [3.63, 3.8) is 0 Å². The molecule has 0 aliphatic carbocycles. The molecule has 2 aromatic carbocycles. The number of hydrogen-bond acceptors (Lipinski definition) is 2. The summed E-state index contributed by atoms with van der Waals surface area (Å²) in [6, 6.07) is 11.0. The number of para-hydroxylation sites is 1. The number of ether oxygens (including phenoxy) is 1. The van der Waals surface area contributed by atoms with Crippen molar-refractivity contribution in [2.24, 2.45) is 5.73 Å². The first-order chi connectivity index (χ1) is 8.79. The molecule has 3 rings (SSSR count). The van der Waals surface area contributed by atoms with E-state index in [0.29, 0.717) is 18.7 Å². The summed E-state index contributed by atoms with van der Waals surface area (Å²) >= 11 is 0. The lowest BCUT2D eigenvalue weighted by molar-refractivity contribution is 0.358. The maximum Gasteiger partial charge on any atom is 0.131 e. The average molecular weight is 243 g/mol. The van der Waals surface area contributed by atoms with Gasteiger partial charge in [0.1, 0.15) is 11.6 Å². The third-order valence-electron chi connectivity index (χ3n) is 3.27. The van der Waals surface area contributed by atoms with E-state index in [1.807, 2.05) is 24.3 Å². The minimum atomic E-state index is -0.248. The van der Waals surface area contributed by atoms with Gasteiger partial charge >= 0.3 is 0 Å². The monoisotopic (exact) mass is 243 g/mol. The molecule has 0 amide bonds. The van der Waals surface area contributed by atoms with Crippen LogP contribution >= 0.6 is 0 Å². The van der Waals surface area contributed by atoms with Crippen molar-refractivity contribution in [2.75, 3.05) is 6.61 Å². The molecule has 3 heteroatoms. The number of benzene rings is 2. The number of rotatable bonds is 2. The molecule has 0 saturated heterocycles. The Hall–Kier alpha value is -1.87. The van der Waals surface area contributed by atoms with E-state index in [1.54, 1.807) is 6.07 Å². The maximum atomic E-state index is 14.1. The van der Waals surface area contributed by atoms with Gasteiger partial charge in [0.05, 0.1) is 6.61 Å². The second-order valence-electron chi connectivity index (χ2n) is 4.41. The van der Waals surface area contributed by atoms with Gasteiger partial charge in [-0.15, -0.1) is 0 Å². The quantitative estimate of drug-likeness (QED) is 0.880. The van der Waals surface area contributed by atoms with Gasteiger partial charge in [-0.05, 0) is 17.2 Å². The lowest BCUT2D eigenvalue weighted by Crippen LogP contribution is -1.98. The van der Waals surface area contributed by atoms with Gasteiger partial charge in [-0.25, -0.2) is 4.39 Å². The molecule has 18 heavy (non-hydrogen) atoms. The summed E-state index contributed by atoms with van der Waals surface area (Å²) in [6.45, 7) is 1.02. The fraction of sp³-hybridized carbons (Fsp3) is 0.200. The standard InChI is InChI=1S/C15H14FNO/c16-14-8-10(9-17)4-5-12(14)13-3-1-2-11-6-7-18-15(11)13/h1-5,8H,6-7,9,17H2. The highest BCUT2D eigenvalue weighted by molar-refractivity contribution is 5.73. The Balaban J connectivity index is 2.13. The van der Waals surface area contributed by atoms with Crippen LogP contribution in [-0.4, -0.2) is 6.61 Å². The molecule has 2 nitrogen and oxygen atoms in total. The zero-order valence-electron chi connectivity index (χ0n) is 9.95. The minimum absolute atomic E-state index is 0.248. The van der Waals surface area contributed by atoms with E-state index < -0.39 is 0 Å². The third-order valence-corrected chi connectivity index (χ3v) is 3.27. The van der Waals surface area contributed by atoms with Gasteiger partial charge in [-0.1, -0.05) is 30.3 Å². The Labute approximate surface area is 105 Å². The van der Waals surface area contributed by atoms with Gasteiger partial charge in [0.25, 0.3) is 0 Å². The van der Waals surface area contributed by atoms with Crippen LogP contribution in [0.15, 0.2) is 36.4 Å². The lowest BCUT2D eigenvalue weighted by atomic mass is 9.99. The molecule has 0 aromatic heterocycles. The Morgan fingerprint density at radius 1 is 1.17 bits per heavy atom. The van der Waals surface area contributed by atoms with Crippen molar-refractivity contribution in [1.82, 2.24) is 0 Å². The second kappa shape index (κ2) is 4.42. The molecule has 2 N–H and O–H groups in total. The SMILES string of the molecule is NCc1ccc(-c2cccc3c2OCC3)c(F)c1. The van der Waals surface area contributed by atoms with Crippen LogP contribution in [0.2, 0.25) is 0 Å². The largest absolute Gasteiger partial charge is 0.492 e. The molecule has 0 bridgehead atoms. The summed E-state index contributed by atoms with van der Waals surface area (Å²) < 4.78 is 19.7. The van der Waals surface area contributed by atoms with Crippen molar-refractivity contribution in [1.29, 1.82) is 0 Å². The predicted molar refractivity (Wildman–Crippen MR) is 68.9 cm³/mol. The lowest BCUT2D eigenvalue weighted by Gasteiger charge is -2.10. The van der Waals surface area contributed by atoms with Crippen molar-refractivity contribution in [2.45, 2.75) is 13.0 Å². The number of halogens is 1. The summed E-state index contributed by atoms with van der Waals surface area (Å²) in [7, 11) is 0. The van der Waals surface area contributed by atoms with Gasteiger partial charge in [0.15, 0.2) is 0 Å². The molecular formula is C15H14FNO. The van der Waals surface area contributed by atoms with Gasteiger partial charge in [-0.3, -0.25) is 0 Å². The summed E-state index contributed by atoms with van der Waals surface area (Å²) in [6.07, 6.45) is 0.895. The Kier molecular flexibility index (Phi) is 2.76. The van der Waals surface area contributed by atoms with E-state index >= 15 is 0 Å². The zero-order valence-corrected chi connectivity index (χ0v) is 9.95. The number of fused-ring (bicyclic) bond motifs is 1. The summed E-state index contributed by atoms with van der Waals surface area (Å²) in [4.78, 5) is 0. The Morgan fingerprint density at radius 2 is 2.06 bits per heavy atom. The van der Waals surface area contributed by atoms with Crippen molar-refractivity contribution in [3.8, 4) is 16.9 Å². The highest BCUT2D eigenvalue weighted by Gasteiger charge is 2.18. The van der Waals surface area contributed by atoms with Crippen LogP contribution in [0.5, 0.6) is 5.75 Å². The normalized spacial score (nSPS) is 13.2. The fourth-order valence-corrected chi connectivity index (χ4v) is 2.33. The predicted octanol–water partition coefficient (Wildman–Crippen LogP) is 2.89. The first kappa shape index (κ1) is 11.2. The Morgan fingerprint density at radius 3 is 2.83 bits per heavy atom. The fourth-order valence-electron chi connectivity index (χ4n) is 2.33. The van der Waals surface area contributed by atoms with Gasteiger partial charge in [-0.2, -0.15) is 0 Å². The topological polar surface area (TPSA) is 35.2 Å². The van der Waals surface area contributed by atoms with Crippen LogP contribution in [-0.2, 0) is 13.0 Å². The smallest absolute Gasteiger partial charge is 0.131 e. The first-order valence-corrected chi connectivity index (χ1v) is 6.03. The van der Waals surface area contributed by atoms with Gasteiger partial charge in [0, 0.05) is 24.1 Å². The van der Waals surface area contributed by atoms with Crippen LogP contribution in [0.4, 0.5) is 4.39 Å². The molecule has 1 heterocycles. The van der Waals surface area contributed by atoms with Crippen molar-refractivity contribution >= 4 is 0 Å². The van der Waals surface area contributed by atoms with E-state index in [1.165, 1.54) is 6.07 Å². The zero-order chi connectivity index (χ0) is 12.5. The summed E-state index contributed by atoms with van der Waals surface area (Å²) in [5, 5.41) is 0. The van der Waals surface area contributed by atoms with E-state index in [2.05, 4.69) is 0 Å². The van der Waals surface area contributed by atoms with Crippen LogP contribution in [0.25, 0.3) is 11.1 Å². The molecule has 0 fully saturated rings. The molecule has 2 aromatic rings. The van der Waals surface area contributed by atoms with Crippen molar-refractivity contribution in [3.05, 3.63) is 53.3 Å². The molecule has 1 aliphatic heterocycles. The molecule has 1 aliphatic rings. The summed E-state index contributed by atoms with van der Waals surface area (Å²) in [5.41, 5.74) is 8.85. The second-order valence-corrected chi connectivity index (χ2v) is 4.41. The van der Waals surface area contributed by atoms with E-state index in [-0.39, 0.29) is 5.82 Å². The molecule has 0 unspecified atom stereocenters. The molecule has 92 valence electrons. The minimum Gasteiger partial charge on any atom is -0.492 e. The van der Waals surface area contributed by atoms with Gasteiger partial charge < -0.3 is 10.5 Å². The Bertz CT molecular complexity index is 595. The maximum absolute atomic E-state index is 14.1. The molecule has 0 radical (unpaired) electrons. The molecule has 0 atom stereocenters. The van der Waals surface area contributed by atoms with E-state index in [4.69, 9.17) is 10.5 Å². The van der Waals surface area contributed by atoms with Crippen LogP contribution < -0.4 is 10.5 Å². The highest BCUT2D eigenvalue weighted by atomic mass is 19.1. The third kappa shape index (κ3) is 1.77. The van der Waals surface area contributed by atoms with Crippen LogP contribution in [0.1, 0.15) is 11.1 Å².